The van der Waals surface area contributed by atoms with Gasteiger partial charge < -0.3 is 14.4 Å². The molecule has 1 fully saturated rings. The maximum atomic E-state index is 13.6. The number of fused-ring (bicyclic) bond motifs is 1. The molecule has 0 aliphatic carbocycles. The molecular weight excluding hydrogens is 470 g/mol. The highest BCUT2D eigenvalue weighted by Gasteiger charge is 2.33. The molecule has 2 aliphatic heterocycles. The van der Waals surface area contributed by atoms with Crippen molar-refractivity contribution < 1.29 is 14.3 Å². The fraction of sp³-hybridized carbons (Fsp3) is 0.320. The number of anilines is 1. The molecule has 1 saturated heterocycles. The van der Waals surface area contributed by atoms with Crippen LogP contribution in [0.4, 0.5) is 5.69 Å². The molecule has 0 amide bonds. The number of benzene rings is 1. The molecule has 34 heavy (non-hydrogen) atoms. The van der Waals surface area contributed by atoms with Gasteiger partial charge in [0.1, 0.15) is 6.04 Å². The summed E-state index contributed by atoms with van der Waals surface area (Å²) in [5.41, 5.74) is 2.93. The number of carbonyl (C=O) groups is 1. The molecule has 2 aliphatic rings. The third kappa shape index (κ3) is 4.26. The van der Waals surface area contributed by atoms with Crippen LogP contribution in [0.2, 0.25) is 0 Å². The number of rotatable bonds is 5. The Balaban J connectivity index is 1.56. The van der Waals surface area contributed by atoms with Gasteiger partial charge in [-0.2, -0.15) is 0 Å². The van der Waals surface area contributed by atoms with Gasteiger partial charge in [0, 0.05) is 23.7 Å². The van der Waals surface area contributed by atoms with Gasteiger partial charge in [0.2, 0.25) is 0 Å². The Kier molecular flexibility index (Phi) is 6.49. The zero-order chi connectivity index (χ0) is 23.7. The summed E-state index contributed by atoms with van der Waals surface area (Å²) in [5, 5.41) is 1.94. The first-order chi connectivity index (χ1) is 16.6. The van der Waals surface area contributed by atoms with Crippen LogP contribution in [-0.2, 0) is 14.3 Å². The fourth-order valence-corrected chi connectivity index (χ4v) is 6.13. The van der Waals surface area contributed by atoms with E-state index in [1.54, 1.807) is 18.4 Å². The summed E-state index contributed by atoms with van der Waals surface area (Å²) in [4.78, 5) is 34.8. The van der Waals surface area contributed by atoms with Crippen LogP contribution in [0.25, 0.3) is 6.08 Å². The van der Waals surface area contributed by atoms with Crippen LogP contribution in [0.5, 0.6) is 0 Å². The average molecular weight is 496 g/mol. The highest BCUT2D eigenvalue weighted by Crippen LogP contribution is 2.33. The molecule has 0 radical (unpaired) electrons. The van der Waals surface area contributed by atoms with Crippen molar-refractivity contribution in [3.8, 4) is 0 Å². The van der Waals surface area contributed by atoms with E-state index in [2.05, 4.69) is 22.0 Å². The molecular formula is C25H25N3O4S2. The molecule has 0 bridgehead atoms. The molecule has 3 aromatic rings. The summed E-state index contributed by atoms with van der Waals surface area (Å²) >= 11 is 2.85. The van der Waals surface area contributed by atoms with Gasteiger partial charge in [-0.1, -0.05) is 29.5 Å². The number of carbonyl (C=O) groups excluding carboxylic acids is 1. The number of ether oxygens (including phenoxy) is 2. The number of morpholine rings is 1. The lowest BCUT2D eigenvalue weighted by atomic mass is 10.0. The van der Waals surface area contributed by atoms with Crippen molar-refractivity contribution in [3.05, 3.63) is 83.2 Å². The summed E-state index contributed by atoms with van der Waals surface area (Å²) in [6, 6.07) is 11.5. The van der Waals surface area contributed by atoms with Crippen molar-refractivity contribution in [3.63, 3.8) is 0 Å². The van der Waals surface area contributed by atoms with Gasteiger partial charge in [-0.05, 0) is 49.1 Å². The molecule has 0 N–H and O–H groups in total. The van der Waals surface area contributed by atoms with Crippen molar-refractivity contribution in [2.45, 2.75) is 19.9 Å². The smallest absolute Gasteiger partial charge is 0.338 e. The summed E-state index contributed by atoms with van der Waals surface area (Å²) in [7, 11) is 0. The number of hydrogen-bond donors (Lipinski definition) is 0. The van der Waals surface area contributed by atoms with Crippen LogP contribution in [0, 0.1) is 0 Å². The first-order valence-electron chi connectivity index (χ1n) is 11.2. The maximum Gasteiger partial charge on any atom is 0.338 e. The van der Waals surface area contributed by atoms with E-state index in [9.17, 15) is 9.59 Å². The summed E-state index contributed by atoms with van der Waals surface area (Å²) in [6.45, 7) is 7.06. The molecule has 4 heterocycles. The minimum atomic E-state index is -0.541. The molecule has 176 valence electrons. The monoisotopic (exact) mass is 495 g/mol. The Morgan fingerprint density at radius 3 is 2.68 bits per heavy atom. The normalized spacial score (nSPS) is 18.6. The third-order valence-electron chi connectivity index (χ3n) is 5.90. The number of thiazole rings is 1. The second-order valence-corrected chi connectivity index (χ2v) is 10.00. The van der Waals surface area contributed by atoms with Gasteiger partial charge in [-0.15, -0.1) is 11.3 Å². The molecule has 9 heteroatoms. The number of esters is 1. The zero-order valence-electron chi connectivity index (χ0n) is 19.0. The highest BCUT2D eigenvalue weighted by molar-refractivity contribution is 7.10. The van der Waals surface area contributed by atoms with Crippen molar-refractivity contribution in [1.82, 2.24) is 4.57 Å². The van der Waals surface area contributed by atoms with Gasteiger partial charge in [0.05, 0.1) is 35.6 Å². The summed E-state index contributed by atoms with van der Waals surface area (Å²) in [6.07, 6.45) is 1.89. The van der Waals surface area contributed by atoms with E-state index < -0.39 is 12.0 Å². The van der Waals surface area contributed by atoms with Gasteiger partial charge in [-0.25, -0.2) is 9.79 Å². The molecule has 0 saturated carbocycles. The molecule has 5 rings (SSSR count). The Bertz CT molecular complexity index is 1400. The number of thiophene rings is 1. The molecule has 7 nitrogen and oxygen atoms in total. The lowest BCUT2D eigenvalue weighted by molar-refractivity contribution is -0.139. The van der Waals surface area contributed by atoms with Gasteiger partial charge in [0.15, 0.2) is 4.80 Å². The average Bonchev–Trinajstić information content (AvgIpc) is 3.48. The Labute approximate surface area is 204 Å². The van der Waals surface area contributed by atoms with Crippen LogP contribution in [0.3, 0.4) is 0 Å². The van der Waals surface area contributed by atoms with Crippen LogP contribution in [0.15, 0.2) is 62.8 Å². The Hall–Kier alpha value is -3.01. The topological polar surface area (TPSA) is 73.1 Å². The zero-order valence-corrected chi connectivity index (χ0v) is 20.7. The standard InChI is InChI=1S/C25H25N3O4S2/c1-3-32-24(30)21-16(2)26-25-28(22(21)19-5-4-14-33-19)23(29)20(34-25)15-17-6-8-18(9-7-17)27-10-12-31-13-11-27/h4-9,14-15,22H,3,10-13H2,1-2H3/b20-15+/t22-/m1/s1. The summed E-state index contributed by atoms with van der Waals surface area (Å²) < 4.78 is 13.0. The molecule has 1 aromatic carbocycles. The van der Waals surface area contributed by atoms with Crippen molar-refractivity contribution in [1.29, 1.82) is 0 Å². The molecule has 0 unspecified atom stereocenters. The number of allylic oxidation sites excluding steroid dienone is 1. The predicted octanol–water partition coefficient (Wildman–Crippen LogP) is 2.70. The first kappa shape index (κ1) is 22.8. The SMILES string of the molecule is CCOC(=O)C1=C(C)N=c2s/c(=C/c3ccc(N4CCOCC4)cc3)c(=O)n2[C@@H]1c1cccs1. The highest BCUT2D eigenvalue weighted by atomic mass is 32.1. The van der Waals surface area contributed by atoms with Crippen molar-refractivity contribution in [2.24, 2.45) is 4.99 Å². The number of aromatic nitrogens is 1. The van der Waals surface area contributed by atoms with E-state index in [4.69, 9.17) is 9.47 Å². The van der Waals surface area contributed by atoms with Gasteiger partial charge in [-0.3, -0.25) is 9.36 Å². The van der Waals surface area contributed by atoms with Crippen LogP contribution in [-0.4, -0.2) is 43.4 Å². The molecule has 2 aromatic heterocycles. The maximum absolute atomic E-state index is 13.6. The minimum absolute atomic E-state index is 0.159. The molecule has 1 atom stereocenters. The van der Waals surface area contributed by atoms with E-state index in [-0.39, 0.29) is 12.2 Å². The van der Waals surface area contributed by atoms with Crippen molar-refractivity contribution >= 4 is 40.4 Å². The van der Waals surface area contributed by atoms with E-state index in [0.717, 1.165) is 42.4 Å². The summed E-state index contributed by atoms with van der Waals surface area (Å²) in [5.74, 6) is -0.435. The first-order valence-corrected chi connectivity index (χ1v) is 12.9. The second-order valence-electron chi connectivity index (χ2n) is 8.01. The minimum Gasteiger partial charge on any atom is -0.463 e. The Morgan fingerprint density at radius 2 is 2.00 bits per heavy atom. The van der Waals surface area contributed by atoms with Gasteiger partial charge in [0.25, 0.3) is 5.56 Å². The molecule has 0 spiro atoms. The lowest BCUT2D eigenvalue weighted by Gasteiger charge is -2.28. The Morgan fingerprint density at radius 1 is 1.24 bits per heavy atom. The van der Waals surface area contributed by atoms with E-state index in [0.29, 0.717) is 20.6 Å². The quantitative estimate of drug-likeness (QED) is 0.509. The predicted molar refractivity (Wildman–Crippen MR) is 134 cm³/mol. The van der Waals surface area contributed by atoms with E-state index in [1.165, 1.54) is 22.7 Å². The van der Waals surface area contributed by atoms with E-state index >= 15 is 0 Å². The lowest BCUT2D eigenvalue weighted by Crippen LogP contribution is -2.39. The third-order valence-corrected chi connectivity index (χ3v) is 7.80. The largest absolute Gasteiger partial charge is 0.463 e. The van der Waals surface area contributed by atoms with Crippen LogP contribution < -0.4 is 19.8 Å². The van der Waals surface area contributed by atoms with Crippen LogP contribution >= 0.6 is 22.7 Å². The van der Waals surface area contributed by atoms with E-state index in [1.807, 2.05) is 35.7 Å². The van der Waals surface area contributed by atoms with Crippen molar-refractivity contribution in [2.75, 3.05) is 37.8 Å². The second kappa shape index (κ2) is 9.69. The number of hydrogen-bond acceptors (Lipinski definition) is 8. The fourth-order valence-electron chi connectivity index (χ4n) is 4.26. The van der Waals surface area contributed by atoms with Gasteiger partial charge >= 0.3 is 5.97 Å². The number of nitrogens with zero attached hydrogens (tertiary/aromatic N) is 3. The van der Waals surface area contributed by atoms with Crippen LogP contribution in [0.1, 0.15) is 30.3 Å².